The standard InChI is InChI=1S/C18H26F3N3O2/c1-17(2,3)26-16(25)23-10-7-12(8-11-23)14-15(18(19,20)21)22-13-6-4-5-9-24(13)14/h12H,4-11H2,1-3H3. The number of amides is 1. The van der Waals surface area contributed by atoms with Crippen molar-refractivity contribution in [3.8, 4) is 0 Å². The highest BCUT2D eigenvalue weighted by Gasteiger charge is 2.42. The summed E-state index contributed by atoms with van der Waals surface area (Å²) in [5.41, 5.74) is -0.997. The average molecular weight is 373 g/mol. The van der Waals surface area contributed by atoms with E-state index in [1.165, 1.54) is 0 Å². The first-order chi connectivity index (χ1) is 12.1. The van der Waals surface area contributed by atoms with Crippen molar-refractivity contribution in [3.63, 3.8) is 0 Å². The van der Waals surface area contributed by atoms with Crippen molar-refractivity contribution in [2.75, 3.05) is 13.1 Å². The summed E-state index contributed by atoms with van der Waals surface area (Å²) in [4.78, 5) is 17.7. The molecule has 0 N–H and O–H groups in total. The lowest BCUT2D eigenvalue weighted by Gasteiger charge is -2.34. The zero-order valence-corrected chi connectivity index (χ0v) is 15.5. The van der Waals surface area contributed by atoms with Crippen LogP contribution < -0.4 is 0 Å². The van der Waals surface area contributed by atoms with Gasteiger partial charge in [-0.3, -0.25) is 0 Å². The van der Waals surface area contributed by atoms with Crippen molar-refractivity contribution in [2.45, 2.75) is 77.1 Å². The lowest BCUT2D eigenvalue weighted by Crippen LogP contribution is -2.41. The van der Waals surface area contributed by atoms with Gasteiger partial charge in [-0.2, -0.15) is 13.2 Å². The molecule has 0 radical (unpaired) electrons. The van der Waals surface area contributed by atoms with E-state index in [0.717, 1.165) is 12.8 Å². The number of aryl methyl sites for hydroxylation is 1. The van der Waals surface area contributed by atoms with E-state index < -0.39 is 23.6 Å². The van der Waals surface area contributed by atoms with E-state index in [9.17, 15) is 18.0 Å². The van der Waals surface area contributed by atoms with Gasteiger partial charge in [-0.25, -0.2) is 9.78 Å². The summed E-state index contributed by atoms with van der Waals surface area (Å²) in [6, 6.07) is 0. The number of imidazole rings is 1. The Bertz CT molecular complexity index is 668. The molecule has 2 aliphatic rings. The van der Waals surface area contributed by atoms with Gasteiger partial charge < -0.3 is 14.2 Å². The summed E-state index contributed by atoms with van der Waals surface area (Å²) >= 11 is 0. The molecule has 0 spiro atoms. The minimum Gasteiger partial charge on any atom is -0.444 e. The smallest absolute Gasteiger partial charge is 0.435 e. The van der Waals surface area contributed by atoms with Gasteiger partial charge in [0.05, 0.1) is 5.69 Å². The van der Waals surface area contributed by atoms with Crippen LogP contribution in [0.5, 0.6) is 0 Å². The largest absolute Gasteiger partial charge is 0.444 e. The molecule has 5 nitrogen and oxygen atoms in total. The van der Waals surface area contributed by atoms with Crippen LogP contribution >= 0.6 is 0 Å². The maximum atomic E-state index is 13.5. The maximum absolute atomic E-state index is 13.5. The Balaban J connectivity index is 1.77. The molecule has 1 saturated heterocycles. The normalized spacial score (nSPS) is 19.4. The van der Waals surface area contributed by atoms with Crippen molar-refractivity contribution < 1.29 is 22.7 Å². The molecule has 8 heteroatoms. The lowest BCUT2D eigenvalue weighted by atomic mass is 9.91. The van der Waals surface area contributed by atoms with Crippen molar-refractivity contribution in [3.05, 3.63) is 17.2 Å². The SMILES string of the molecule is CC(C)(C)OC(=O)N1CCC(c2c(C(F)(F)F)nc3n2CCCC3)CC1. The number of ether oxygens (including phenoxy) is 1. The second kappa shape index (κ2) is 6.78. The Morgan fingerprint density at radius 1 is 1.12 bits per heavy atom. The van der Waals surface area contributed by atoms with E-state index in [1.807, 2.05) is 0 Å². The summed E-state index contributed by atoms with van der Waals surface area (Å²) < 4.78 is 47.7. The van der Waals surface area contributed by atoms with Crippen LogP contribution in [-0.4, -0.2) is 39.2 Å². The van der Waals surface area contributed by atoms with Crippen LogP contribution in [0, 0.1) is 0 Å². The number of carbonyl (C=O) groups excluding carboxylic acids is 1. The summed E-state index contributed by atoms with van der Waals surface area (Å²) in [6.07, 6.45) is -1.50. The molecular formula is C18H26F3N3O2. The average Bonchev–Trinajstić information content (AvgIpc) is 2.93. The van der Waals surface area contributed by atoms with Gasteiger partial charge in [-0.1, -0.05) is 0 Å². The molecule has 1 amide bonds. The molecule has 3 heterocycles. The third-order valence-corrected chi connectivity index (χ3v) is 4.92. The number of rotatable bonds is 1. The Morgan fingerprint density at radius 2 is 1.77 bits per heavy atom. The van der Waals surface area contributed by atoms with Gasteiger partial charge >= 0.3 is 12.3 Å². The number of hydrogen-bond donors (Lipinski definition) is 0. The molecule has 0 aliphatic carbocycles. The molecule has 2 aliphatic heterocycles. The molecule has 1 aromatic rings. The predicted octanol–water partition coefficient (Wildman–Crippen LogP) is 4.35. The lowest BCUT2D eigenvalue weighted by molar-refractivity contribution is -0.142. The topological polar surface area (TPSA) is 47.4 Å². The first kappa shape index (κ1) is 19.0. The Hall–Kier alpha value is -1.73. The summed E-state index contributed by atoms with van der Waals surface area (Å²) in [7, 11) is 0. The van der Waals surface area contributed by atoms with E-state index >= 15 is 0 Å². The fourth-order valence-corrected chi connectivity index (χ4v) is 3.79. The first-order valence-electron chi connectivity index (χ1n) is 9.20. The molecule has 1 fully saturated rings. The molecule has 1 aromatic heterocycles. The van der Waals surface area contributed by atoms with E-state index in [1.54, 1.807) is 30.2 Å². The number of likely N-dealkylation sites (tertiary alicyclic amines) is 1. The summed E-state index contributed by atoms with van der Waals surface area (Å²) in [5, 5.41) is 0. The third-order valence-electron chi connectivity index (χ3n) is 4.92. The maximum Gasteiger partial charge on any atom is 0.435 e. The highest BCUT2D eigenvalue weighted by molar-refractivity contribution is 5.68. The molecule has 0 atom stereocenters. The number of carbonyl (C=O) groups is 1. The fourth-order valence-electron chi connectivity index (χ4n) is 3.79. The van der Waals surface area contributed by atoms with Crippen LogP contribution in [0.25, 0.3) is 0 Å². The van der Waals surface area contributed by atoms with E-state index in [4.69, 9.17) is 4.74 Å². The number of aromatic nitrogens is 2. The Kier molecular flexibility index (Phi) is 4.96. The highest BCUT2D eigenvalue weighted by atomic mass is 19.4. The summed E-state index contributed by atoms with van der Waals surface area (Å²) in [6.45, 7) is 6.79. The number of halogens is 3. The second-order valence-corrected chi connectivity index (χ2v) is 8.11. The molecule has 3 rings (SSSR count). The van der Waals surface area contributed by atoms with Gasteiger partial charge in [0, 0.05) is 32.0 Å². The molecule has 0 unspecified atom stereocenters. The van der Waals surface area contributed by atoms with E-state index in [-0.39, 0.29) is 5.92 Å². The molecule has 0 saturated carbocycles. The molecule has 146 valence electrons. The van der Waals surface area contributed by atoms with E-state index in [2.05, 4.69) is 4.98 Å². The predicted molar refractivity (Wildman–Crippen MR) is 89.9 cm³/mol. The van der Waals surface area contributed by atoms with Gasteiger partial charge in [0.1, 0.15) is 11.4 Å². The van der Waals surface area contributed by atoms with Crippen LogP contribution in [-0.2, 0) is 23.9 Å². The minimum atomic E-state index is -4.44. The number of alkyl halides is 3. The van der Waals surface area contributed by atoms with Gasteiger partial charge in [-0.05, 0) is 46.5 Å². The minimum absolute atomic E-state index is 0.232. The summed E-state index contributed by atoms with van der Waals surface area (Å²) in [5.74, 6) is 0.317. The zero-order chi connectivity index (χ0) is 19.1. The number of piperidine rings is 1. The fraction of sp³-hybridized carbons (Fsp3) is 0.778. The van der Waals surface area contributed by atoms with E-state index in [0.29, 0.717) is 50.4 Å². The number of hydrogen-bond acceptors (Lipinski definition) is 3. The first-order valence-corrected chi connectivity index (χ1v) is 9.20. The number of fused-ring (bicyclic) bond motifs is 1. The Labute approximate surface area is 151 Å². The van der Waals surface area contributed by atoms with Gasteiger partial charge in [0.25, 0.3) is 0 Å². The highest BCUT2D eigenvalue weighted by Crippen LogP contribution is 2.40. The van der Waals surface area contributed by atoms with Crippen LogP contribution in [0.2, 0.25) is 0 Å². The molecular weight excluding hydrogens is 347 g/mol. The molecule has 0 bridgehead atoms. The number of nitrogens with zero attached hydrogens (tertiary/aromatic N) is 3. The van der Waals surface area contributed by atoms with Crippen molar-refractivity contribution >= 4 is 6.09 Å². The second-order valence-electron chi connectivity index (χ2n) is 8.11. The van der Waals surface area contributed by atoms with Crippen LogP contribution in [0.3, 0.4) is 0 Å². The molecule has 26 heavy (non-hydrogen) atoms. The van der Waals surface area contributed by atoms with Crippen LogP contribution in [0.1, 0.15) is 69.6 Å². The van der Waals surface area contributed by atoms with Gasteiger partial charge in [0.15, 0.2) is 5.69 Å². The Morgan fingerprint density at radius 3 is 2.35 bits per heavy atom. The quantitative estimate of drug-likeness (QED) is 0.735. The zero-order valence-electron chi connectivity index (χ0n) is 15.5. The third kappa shape index (κ3) is 3.99. The molecule has 0 aromatic carbocycles. The van der Waals surface area contributed by atoms with Crippen molar-refractivity contribution in [1.29, 1.82) is 0 Å². The van der Waals surface area contributed by atoms with Gasteiger partial charge in [0.2, 0.25) is 0 Å². The monoisotopic (exact) mass is 373 g/mol. The van der Waals surface area contributed by atoms with Crippen molar-refractivity contribution in [1.82, 2.24) is 14.5 Å². The van der Waals surface area contributed by atoms with Crippen LogP contribution in [0.15, 0.2) is 0 Å². The van der Waals surface area contributed by atoms with Crippen molar-refractivity contribution in [2.24, 2.45) is 0 Å². The van der Waals surface area contributed by atoms with Gasteiger partial charge in [-0.15, -0.1) is 0 Å². The van der Waals surface area contributed by atoms with Crippen LogP contribution in [0.4, 0.5) is 18.0 Å².